The molecule has 0 amide bonds. The molecule has 0 N–H and O–H groups in total. The number of alkyl halides is 6. The zero-order valence-corrected chi connectivity index (χ0v) is 17.9. The van der Waals surface area contributed by atoms with Crippen LogP contribution in [0.3, 0.4) is 0 Å². The van der Waals surface area contributed by atoms with Crippen molar-refractivity contribution in [2.75, 3.05) is 18.0 Å². The predicted octanol–water partition coefficient (Wildman–Crippen LogP) is 6.80. The average Bonchev–Trinajstić information content (AvgIpc) is 2.77. The molecule has 0 bridgehead atoms. The minimum atomic E-state index is -4.93. The molecule has 0 atom stereocenters. The molecule has 1 saturated carbocycles. The second-order valence-corrected chi connectivity index (χ2v) is 8.29. The summed E-state index contributed by atoms with van der Waals surface area (Å²) in [6.07, 6.45) is -4.51. The van der Waals surface area contributed by atoms with Crippen LogP contribution in [0.5, 0.6) is 5.75 Å². The summed E-state index contributed by atoms with van der Waals surface area (Å²) in [5.74, 6) is -1.35. The summed E-state index contributed by atoms with van der Waals surface area (Å²) < 4.78 is 83.1. The lowest BCUT2D eigenvalue weighted by Gasteiger charge is -2.31. The Hall–Kier alpha value is -2.71. The summed E-state index contributed by atoms with van der Waals surface area (Å²) >= 11 is 0. The molecule has 1 aliphatic rings. The number of carbonyl (C=O) groups is 1. The van der Waals surface area contributed by atoms with E-state index < -0.39 is 30.2 Å². The quantitative estimate of drug-likeness (QED) is 0.395. The second-order valence-electron chi connectivity index (χ2n) is 8.29. The fourth-order valence-electron chi connectivity index (χ4n) is 3.98. The highest BCUT2D eigenvalue weighted by Gasteiger charge is 2.39. The Balaban J connectivity index is 1.74. The molecule has 180 valence electrons. The Morgan fingerprint density at radius 1 is 0.939 bits per heavy atom. The number of anilines is 1. The van der Waals surface area contributed by atoms with Crippen LogP contribution in [0.2, 0.25) is 0 Å². The van der Waals surface area contributed by atoms with Crippen molar-refractivity contribution in [2.24, 2.45) is 5.92 Å². The molecule has 0 radical (unpaired) electrons. The topological polar surface area (TPSA) is 29.5 Å². The van der Waals surface area contributed by atoms with Gasteiger partial charge < -0.3 is 9.64 Å². The van der Waals surface area contributed by atoms with Crippen LogP contribution >= 0.6 is 0 Å². The van der Waals surface area contributed by atoms with Crippen molar-refractivity contribution >= 4 is 11.5 Å². The van der Waals surface area contributed by atoms with Gasteiger partial charge in [0.15, 0.2) is 0 Å². The number of hydrogen-bond donors (Lipinski definition) is 0. The van der Waals surface area contributed by atoms with Crippen LogP contribution in [0.15, 0.2) is 48.5 Å². The van der Waals surface area contributed by atoms with Gasteiger partial charge in [-0.3, -0.25) is 4.79 Å². The SMILES string of the molecule is O=C(CN(CC1CCCCC1)c1cccc(OCc2cccc(C(F)(F)F)c2)c1)C(F)(F)F. The maximum absolute atomic E-state index is 12.9. The van der Waals surface area contributed by atoms with Gasteiger partial charge in [0.05, 0.1) is 12.1 Å². The highest BCUT2D eigenvalue weighted by molar-refractivity contribution is 5.88. The summed E-state index contributed by atoms with van der Waals surface area (Å²) in [5.41, 5.74) is -0.0806. The number of halogens is 6. The van der Waals surface area contributed by atoms with Gasteiger partial charge in [-0.05, 0) is 48.6 Å². The van der Waals surface area contributed by atoms with E-state index in [0.717, 1.165) is 44.2 Å². The van der Waals surface area contributed by atoms with Crippen molar-refractivity contribution in [1.29, 1.82) is 0 Å². The maximum Gasteiger partial charge on any atom is 0.451 e. The van der Waals surface area contributed by atoms with E-state index in [1.165, 1.54) is 23.1 Å². The first-order valence-corrected chi connectivity index (χ1v) is 10.8. The number of benzene rings is 2. The van der Waals surface area contributed by atoms with Gasteiger partial charge in [0.2, 0.25) is 0 Å². The van der Waals surface area contributed by atoms with Crippen LogP contribution in [0.4, 0.5) is 32.0 Å². The molecule has 0 saturated heterocycles. The normalized spacial score (nSPS) is 15.3. The summed E-state index contributed by atoms with van der Waals surface area (Å²) in [5, 5.41) is 0. The second kappa shape index (κ2) is 10.5. The van der Waals surface area contributed by atoms with Crippen LogP contribution in [0, 0.1) is 5.92 Å². The molecule has 0 heterocycles. The first-order chi connectivity index (χ1) is 15.5. The van der Waals surface area contributed by atoms with Crippen LogP contribution in [0.25, 0.3) is 0 Å². The van der Waals surface area contributed by atoms with Gasteiger partial charge in [0, 0.05) is 18.3 Å². The van der Waals surface area contributed by atoms with Crippen molar-refractivity contribution < 1.29 is 35.9 Å². The fraction of sp³-hybridized carbons (Fsp3) is 0.458. The number of nitrogens with zero attached hydrogens (tertiary/aromatic N) is 1. The summed E-state index contributed by atoms with van der Waals surface area (Å²) in [6.45, 7) is -0.618. The fourth-order valence-corrected chi connectivity index (χ4v) is 3.98. The van der Waals surface area contributed by atoms with Crippen LogP contribution in [0.1, 0.15) is 43.2 Å². The Labute approximate surface area is 188 Å². The zero-order chi connectivity index (χ0) is 24.1. The van der Waals surface area contributed by atoms with Gasteiger partial charge in [-0.15, -0.1) is 0 Å². The molecule has 0 spiro atoms. The van der Waals surface area contributed by atoms with E-state index in [2.05, 4.69) is 0 Å². The van der Waals surface area contributed by atoms with Gasteiger partial charge in [-0.1, -0.05) is 37.5 Å². The van der Waals surface area contributed by atoms with E-state index in [1.54, 1.807) is 18.2 Å². The third kappa shape index (κ3) is 7.40. The minimum Gasteiger partial charge on any atom is -0.489 e. The van der Waals surface area contributed by atoms with Crippen molar-refractivity contribution in [1.82, 2.24) is 0 Å². The van der Waals surface area contributed by atoms with E-state index in [0.29, 0.717) is 17.8 Å². The summed E-state index contributed by atoms with van der Waals surface area (Å²) in [4.78, 5) is 13.1. The number of Topliss-reactive ketones (excluding diaryl/α,β-unsaturated/α-hetero) is 1. The van der Waals surface area contributed by atoms with E-state index in [4.69, 9.17) is 4.74 Å². The molecule has 2 aromatic carbocycles. The molecule has 1 fully saturated rings. The predicted molar refractivity (Wildman–Crippen MR) is 112 cm³/mol. The van der Waals surface area contributed by atoms with Crippen LogP contribution in [-0.4, -0.2) is 25.0 Å². The lowest BCUT2D eigenvalue weighted by molar-refractivity contribution is -0.169. The Morgan fingerprint density at radius 2 is 1.64 bits per heavy atom. The van der Waals surface area contributed by atoms with Crippen LogP contribution in [-0.2, 0) is 17.6 Å². The number of hydrogen-bond acceptors (Lipinski definition) is 3. The Bertz CT molecular complexity index is 935. The maximum atomic E-state index is 12.9. The Kier molecular flexibility index (Phi) is 7.92. The smallest absolute Gasteiger partial charge is 0.451 e. The van der Waals surface area contributed by atoms with Gasteiger partial charge in [0.25, 0.3) is 5.78 Å². The Morgan fingerprint density at radius 3 is 2.30 bits per heavy atom. The molecule has 0 aromatic heterocycles. The molecule has 0 aliphatic heterocycles. The number of ketones is 1. The molecule has 9 heteroatoms. The minimum absolute atomic E-state index is 0.141. The largest absolute Gasteiger partial charge is 0.489 e. The van der Waals surface area contributed by atoms with Crippen LogP contribution < -0.4 is 9.64 Å². The highest BCUT2D eigenvalue weighted by Crippen LogP contribution is 2.31. The monoisotopic (exact) mass is 473 g/mol. The molecule has 3 rings (SSSR count). The first-order valence-electron chi connectivity index (χ1n) is 10.8. The van der Waals surface area contributed by atoms with Crippen molar-refractivity contribution in [3.05, 3.63) is 59.7 Å². The lowest BCUT2D eigenvalue weighted by atomic mass is 9.89. The average molecular weight is 473 g/mol. The lowest BCUT2D eigenvalue weighted by Crippen LogP contribution is -2.40. The first kappa shape index (κ1) is 24.9. The molecule has 2 aromatic rings. The molecular weight excluding hydrogens is 448 g/mol. The molecular formula is C24H25F6NO2. The number of ether oxygens (including phenoxy) is 1. The number of carbonyl (C=O) groups excluding carboxylic acids is 1. The molecule has 0 unspecified atom stereocenters. The third-order valence-corrected chi connectivity index (χ3v) is 5.70. The number of rotatable bonds is 8. The van der Waals surface area contributed by atoms with E-state index >= 15 is 0 Å². The van der Waals surface area contributed by atoms with Crippen molar-refractivity contribution in [3.8, 4) is 5.75 Å². The highest BCUT2D eigenvalue weighted by atomic mass is 19.4. The zero-order valence-electron chi connectivity index (χ0n) is 17.9. The molecule has 1 aliphatic carbocycles. The van der Waals surface area contributed by atoms with E-state index in [1.807, 2.05) is 0 Å². The van der Waals surface area contributed by atoms with Gasteiger partial charge in [-0.25, -0.2) is 0 Å². The summed E-state index contributed by atoms with van der Waals surface area (Å²) in [7, 11) is 0. The van der Waals surface area contributed by atoms with Crippen molar-refractivity contribution in [3.63, 3.8) is 0 Å². The van der Waals surface area contributed by atoms with Gasteiger partial charge in [-0.2, -0.15) is 26.3 Å². The standard InChI is InChI=1S/C24H25F6NO2/c25-23(26,27)19-9-4-8-18(12-19)16-33-21-11-5-10-20(13-21)31(15-22(32)24(28,29)30)14-17-6-2-1-3-7-17/h4-5,8-13,17H,1-3,6-7,14-16H2. The third-order valence-electron chi connectivity index (χ3n) is 5.70. The molecule has 33 heavy (non-hydrogen) atoms. The molecule has 3 nitrogen and oxygen atoms in total. The van der Waals surface area contributed by atoms with Gasteiger partial charge >= 0.3 is 12.4 Å². The van der Waals surface area contributed by atoms with Gasteiger partial charge in [0.1, 0.15) is 12.4 Å². The van der Waals surface area contributed by atoms with E-state index in [9.17, 15) is 31.1 Å². The summed E-state index contributed by atoms with van der Waals surface area (Å²) in [6, 6.07) is 11.0. The van der Waals surface area contributed by atoms with Crippen molar-refractivity contribution in [2.45, 2.75) is 51.1 Å². The van der Waals surface area contributed by atoms with E-state index in [-0.39, 0.29) is 18.3 Å².